The smallest absolute Gasteiger partial charge is 0.328 e. The van der Waals surface area contributed by atoms with E-state index >= 15 is 0 Å². The number of hydrogen-bond acceptors (Lipinski definition) is 4. The van der Waals surface area contributed by atoms with Gasteiger partial charge >= 0.3 is 5.97 Å². The van der Waals surface area contributed by atoms with Crippen molar-refractivity contribution >= 4 is 18.0 Å². The second-order valence-electron chi connectivity index (χ2n) is 4.42. The van der Waals surface area contributed by atoms with Gasteiger partial charge in [-0.15, -0.1) is 0 Å². The molecule has 0 aliphatic rings. The fourth-order valence-corrected chi connectivity index (χ4v) is 1.77. The zero-order valence-corrected chi connectivity index (χ0v) is 11.4. The molecule has 1 amide bonds. The molecule has 2 aromatic rings. The van der Waals surface area contributed by atoms with Crippen LogP contribution in [0.3, 0.4) is 0 Å². The zero-order valence-electron chi connectivity index (χ0n) is 11.4. The quantitative estimate of drug-likeness (QED) is 0.820. The number of benzene rings is 1. The summed E-state index contributed by atoms with van der Waals surface area (Å²) in [5, 5.41) is 15.0. The number of hydrogen-bond donors (Lipinski definition) is 2. The summed E-state index contributed by atoms with van der Waals surface area (Å²) in [5.41, 5.74) is 2.72. The number of carboxylic acids is 1. The molecule has 108 valence electrons. The molecule has 0 saturated heterocycles. The molecule has 1 aromatic heterocycles. The Hall–Kier alpha value is -2.89. The Kier molecular flexibility index (Phi) is 4.50. The predicted molar refractivity (Wildman–Crippen MR) is 75.5 cm³/mol. The van der Waals surface area contributed by atoms with Gasteiger partial charge in [0.25, 0.3) is 5.91 Å². The first-order valence-corrected chi connectivity index (χ1v) is 6.25. The third-order valence-electron chi connectivity index (χ3n) is 2.86. The van der Waals surface area contributed by atoms with Crippen LogP contribution >= 0.6 is 0 Å². The summed E-state index contributed by atoms with van der Waals surface area (Å²) in [7, 11) is 0. The van der Waals surface area contributed by atoms with Crippen LogP contribution in [-0.2, 0) is 11.3 Å². The highest BCUT2D eigenvalue weighted by atomic mass is 16.5. The second kappa shape index (κ2) is 6.51. The summed E-state index contributed by atoms with van der Waals surface area (Å²) in [6.45, 7) is 2.10. The minimum Gasteiger partial charge on any atom is -0.478 e. The first-order valence-electron chi connectivity index (χ1n) is 6.25. The molecule has 1 heterocycles. The van der Waals surface area contributed by atoms with E-state index < -0.39 is 5.97 Å². The van der Waals surface area contributed by atoms with Gasteiger partial charge in [-0.25, -0.2) is 4.79 Å². The first-order chi connectivity index (χ1) is 10.1. The maximum Gasteiger partial charge on any atom is 0.328 e. The van der Waals surface area contributed by atoms with Gasteiger partial charge in [-0.2, -0.15) is 0 Å². The molecular formula is C15H14N2O4. The molecule has 6 nitrogen and oxygen atoms in total. The van der Waals surface area contributed by atoms with Crippen LogP contribution in [0.5, 0.6) is 0 Å². The van der Waals surface area contributed by atoms with E-state index in [9.17, 15) is 9.59 Å². The molecule has 0 fully saturated rings. The molecule has 2 N–H and O–H groups in total. The number of rotatable bonds is 5. The van der Waals surface area contributed by atoms with Crippen LogP contribution in [0.15, 0.2) is 41.1 Å². The number of carbonyl (C=O) groups is 2. The molecule has 6 heteroatoms. The third kappa shape index (κ3) is 4.04. The van der Waals surface area contributed by atoms with Crippen molar-refractivity contribution in [1.29, 1.82) is 0 Å². The van der Waals surface area contributed by atoms with Gasteiger partial charge in [0.05, 0.1) is 6.54 Å². The number of amides is 1. The van der Waals surface area contributed by atoms with Crippen LogP contribution in [0, 0.1) is 6.92 Å². The van der Waals surface area contributed by atoms with Crippen molar-refractivity contribution in [2.45, 2.75) is 13.5 Å². The van der Waals surface area contributed by atoms with Gasteiger partial charge in [-0.3, -0.25) is 4.79 Å². The molecule has 0 spiro atoms. The molecule has 0 atom stereocenters. The van der Waals surface area contributed by atoms with Crippen molar-refractivity contribution in [3.05, 3.63) is 59.0 Å². The molecule has 21 heavy (non-hydrogen) atoms. The van der Waals surface area contributed by atoms with Crippen molar-refractivity contribution in [1.82, 2.24) is 10.5 Å². The highest BCUT2D eigenvalue weighted by Crippen LogP contribution is 2.13. The van der Waals surface area contributed by atoms with Crippen LogP contribution in [0.25, 0.3) is 6.08 Å². The highest BCUT2D eigenvalue weighted by molar-refractivity contribution is 5.94. The Bertz CT molecular complexity index is 675. The number of nitrogens with zero attached hydrogens (tertiary/aromatic N) is 1. The lowest BCUT2D eigenvalue weighted by molar-refractivity contribution is -0.131. The fourth-order valence-electron chi connectivity index (χ4n) is 1.77. The Morgan fingerprint density at radius 2 is 2.19 bits per heavy atom. The molecule has 0 bridgehead atoms. The molecule has 0 aliphatic carbocycles. The van der Waals surface area contributed by atoms with E-state index in [1.165, 1.54) is 12.3 Å². The Morgan fingerprint density at radius 1 is 1.38 bits per heavy atom. The molecule has 0 aliphatic heterocycles. The monoisotopic (exact) mass is 286 g/mol. The van der Waals surface area contributed by atoms with Crippen molar-refractivity contribution < 1.29 is 19.2 Å². The highest BCUT2D eigenvalue weighted by Gasteiger charge is 2.07. The number of carbonyl (C=O) groups excluding carboxylic acids is 1. The standard InChI is InChI=1S/C15H14N2O4/c1-10-8-12(3-2-11(10)4-5-14(18)19)15(20)16-9-13-6-7-21-17-13/h2-8H,9H2,1H3,(H,16,20)(H,18,19)/b5-4+. The van der Waals surface area contributed by atoms with Crippen molar-refractivity contribution in [2.24, 2.45) is 0 Å². The number of carboxylic acid groups (broad SMARTS) is 1. The van der Waals surface area contributed by atoms with Gasteiger partial charge in [-0.1, -0.05) is 11.2 Å². The summed E-state index contributed by atoms with van der Waals surface area (Å²) in [5.74, 6) is -1.24. The maximum atomic E-state index is 12.0. The SMILES string of the molecule is Cc1cc(C(=O)NCc2ccon2)ccc1/C=C/C(=O)O. The van der Waals surface area contributed by atoms with Gasteiger partial charge in [0.2, 0.25) is 0 Å². The van der Waals surface area contributed by atoms with Gasteiger partial charge < -0.3 is 14.9 Å². The lowest BCUT2D eigenvalue weighted by atomic mass is 10.0. The van der Waals surface area contributed by atoms with E-state index in [0.29, 0.717) is 11.3 Å². The molecule has 0 radical (unpaired) electrons. The molecule has 0 saturated carbocycles. The van der Waals surface area contributed by atoms with Crippen molar-refractivity contribution in [3.63, 3.8) is 0 Å². The average molecular weight is 286 g/mol. The average Bonchev–Trinajstić information content (AvgIpc) is 2.96. The predicted octanol–water partition coefficient (Wildman–Crippen LogP) is 2.01. The summed E-state index contributed by atoms with van der Waals surface area (Å²) in [4.78, 5) is 22.5. The maximum absolute atomic E-state index is 12.0. The van der Waals surface area contributed by atoms with Gasteiger partial charge in [0.1, 0.15) is 12.0 Å². The minimum absolute atomic E-state index is 0.227. The second-order valence-corrected chi connectivity index (χ2v) is 4.42. The normalized spacial score (nSPS) is 10.7. The summed E-state index contributed by atoms with van der Waals surface area (Å²) >= 11 is 0. The topological polar surface area (TPSA) is 92.4 Å². The lowest BCUT2D eigenvalue weighted by Crippen LogP contribution is -2.23. The number of nitrogens with one attached hydrogen (secondary N) is 1. The van der Waals surface area contributed by atoms with E-state index in [0.717, 1.165) is 17.2 Å². The Labute approximate surface area is 121 Å². The summed E-state index contributed by atoms with van der Waals surface area (Å²) in [6.07, 6.45) is 4.00. The Balaban J connectivity index is 2.05. The van der Waals surface area contributed by atoms with Gasteiger partial charge in [-0.05, 0) is 36.3 Å². The van der Waals surface area contributed by atoms with E-state index in [1.807, 2.05) is 6.92 Å². The molecule has 2 rings (SSSR count). The van der Waals surface area contributed by atoms with Crippen LogP contribution < -0.4 is 5.32 Å². The van der Waals surface area contributed by atoms with Crippen molar-refractivity contribution in [3.8, 4) is 0 Å². The number of aromatic nitrogens is 1. The zero-order chi connectivity index (χ0) is 15.2. The summed E-state index contributed by atoms with van der Waals surface area (Å²) < 4.78 is 4.68. The van der Waals surface area contributed by atoms with Crippen LogP contribution in [0.2, 0.25) is 0 Å². The largest absolute Gasteiger partial charge is 0.478 e. The number of aryl methyl sites for hydroxylation is 1. The fraction of sp³-hybridized carbons (Fsp3) is 0.133. The van der Waals surface area contributed by atoms with E-state index in [2.05, 4.69) is 15.0 Å². The van der Waals surface area contributed by atoms with Gasteiger partial charge in [0, 0.05) is 17.7 Å². The van der Waals surface area contributed by atoms with Crippen LogP contribution in [0.1, 0.15) is 27.2 Å². The lowest BCUT2D eigenvalue weighted by Gasteiger charge is -2.06. The number of aliphatic carboxylic acids is 1. The molecular weight excluding hydrogens is 272 g/mol. The van der Waals surface area contributed by atoms with Crippen molar-refractivity contribution in [2.75, 3.05) is 0 Å². The summed E-state index contributed by atoms with van der Waals surface area (Å²) in [6, 6.07) is 6.73. The van der Waals surface area contributed by atoms with Crippen LogP contribution in [-0.4, -0.2) is 22.1 Å². The van der Waals surface area contributed by atoms with E-state index in [1.54, 1.807) is 24.3 Å². The van der Waals surface area contributed by atoms with Gasteiger partial charge in [0.15, 0.2) is 0 Å². The molecule has 1 aromatic carbocycles. The van der Waals surface area contributed by atoms with Crippen LogP contribution in [0.4, 0.5) is 0 Å². The van der Waals surface area contributed by atoms with E-state index in [-0.39, 0.29) is 12.5 Å². The first kappa shape index (κ1) is 14.5. The van der Waals surface area contributed by atoms with E-state index in [4.69, 9.17) is 5.11 Å². The third-order valence-corrected chi connectivity index (χ3v) is 2.86. The molecule has 0 unspecified atom stereocenters. The minimum atomic E-state index is -1.01. The Morgan fingerprint density at radius 3 is 2.81 bits per heavy atom.